The second kappa shape index (κ2) is 3.06. The van der Waals surface area contributed by atoms with Crippen molar-refractivity contribution in [1.29, 1.82) is 0 Å². The van der Waals surface area contributed by atoms with Gasteiger partial charge in [0.15, 0.2) is 0 Å². The number of benzene rings is 1. The number of para-hydroxylation sites is 1. The molecule has 0 radical (unpaired) electrons. The Balaban J connectivity index is 1.82. The molecule has 1 fully saturated rings. The largest absolute Gasteiger partial charge is 0.493 e. The molecule has 0 spiro atoms. The fourth-order valence-corrected chi connectivity index (χ4v) is 1.57. The second-order valence-corrected chi connectivity index (χ2v) is 4.51. The summed E-state index contributed by atoms with van der Waals surface area (Å²) >= 11 is 0. The molecular weight excluding hydrogens is 160 g/mol. The molecule has 0 N–H and O–H groups in total. The first kappa shape index (κ1) is 8.61. The summed E-state index contributed by atoms with van der Waals surface area (Å²) in [6.45, 7) is 5.47. The molecule has 0 saturated heterocycles. The van der Waals surface area contributed by atoms with E-state index in [4.69, 9.17) is 4.74 Å². The Hall–Kier alpha value is -0.980. The van der Waals surface area contributed by atoms with Crippen LogP contribution in [0.5, 0.6) is 5.75 Å². The molecule has 13 heavy (non-hydrogen) atoms. The Labute approximate surface area is 79.7 Å². The fourth-order valence-electron chi connectivity index (χ4n) is 1.57. The predicted octanol–water partition coefficient (Wildman–Crippen LogP) is 3.11. The van der Waals surface area contributed by atoms with Gasteiger partial charge in [0, 0.05) is 0 Å². The van der Waals surface area contributed by atoms with Crippen molar-refractivity contribution in [2.24, 2.45) is 11.3 Å². The molecule has 1 aromatic rings. The molecule has 1 aliphatic rings. The third kappa shape index (κ3) is 2.03. The summed E-state index contributed by atoms with van der Waals surface area (Å²) in [6.07, 6.45) is 1.31. The van der Waals surface area contributed by atoms with E-state index in [-0.39, 0.29) is 0 Å². The number of hydrogen-bond acceptors (Lipinski definition) is 1. The quantitative estimate of drug-likeness (QED) is 0.687. The Bertz CT molecular complexity index is 276. The minimum absolute atomic E-state index is 0.523. The van der Waals surface area contributed by atoms with Gasteiger partial charge in [-0.3, -0.25) is 0 Å². The van der Waals surface area contributed by atoms with Gasteiger partial charge in [-0.25, -0.2) is 0 Å². The number of hydrogen-bond donors (Lipinski definition) is 0. The number of ether oxygens (including phenoxy) is 1. The van der Waals surface area contributed by atoms with E-state index >= 15 is 0 Å². The highest BCUT2D eigenvalue weighted by atomic mass is 16.5. The zero-order valence-corrected chi connectivity index (χ0v) is 8.29. The van der Waals surface area contributed by atoms with Crippen LogP contribution in [-0.2, 0) is 0 Å². The van der Waals surface area contributed by atoms with Gasteiger partial charge in [0.2, 0.25) is 0 Å². The average Bonchev–Trinajstić information content (AvgIpc) is 2.73. The van der Waals surface area contributed by atoms with Gasteiger partial charge < -0.3 is 4.74 Å². The SMILES string of the molecule is CC1(C)CC1COc1ccccc1. The molecule has 1 aromatic carbocycles. The second-order valence-electron chi connectivity index (χ2n) is 4.51. The molecule has 1 nitrogen and oxygen atoms in total. The lowest BCUT2D eigenvalue weighted by molar-refractivity contribution is 0.280. The van der Waals surface area contributed by atoms with Crippen LogP contribution in [0.4, 0.5) is 0 Å². The van der Waals surface area contributed by atoms with Gasteiger partial charge in [-0.2, -0.15) is 0 Å². The smallest absolute Gasteiger partial charge is 0.119 e. The highest BCUT2D eigenvalue weighted by molar-refractivity contribution is 5.21. The lowest BCUT2D eigenvalue weighted by Gasteiger charge is -2.06. The molecule has 0 amide bonds. The van der Waals surface area contributed by atoms with Crippen molar-refractivity contribution in [3.63, 3.8) is 0 Å². The van der Waals surface area contributed by atoms with E-state index in [0.717, 1.165) is 18.3 Å². The molecule has 0 aliphatic heterocycles. The van der Waals surface area contributed by atoms with Crippen LogP contribution in [0, 0.1) is 11.3 Å². The predicted molar refractivity (Wildman–Crippen MR) is 53.8 cm³/mol. The maximum absolute atomic E-state index is 5.67. The molecule has 0 bridgehead atoms. The van der Waals surface area contributed by atoms with Crippen molar-refractivity contribution >= 4 is 0 Å². The topological polar surface area (TPSA) is 9.23 Å². The van der Waals surface area contributed by atoms with Crippen molar-refractivity contribution in [2.75, 3.05) is 6.61 Å². The summed E-state index contributed by atoms with van der Waals surface area (Å²) in [6, 6.07) is 10.0. The highest BCUT2D eigenvalue weighted by Crippen LogP contribution is 2.51. The summed E-state index contributed by atoms with van der Waals surface area (Å²) < 4.78 is 5.67. The summed E-state index contributed by atoms with van der Waals surface area (Å²) in [4.78, 5) is 0. The summed E-state index contributed by atoms with van der Waals surface area (Å²) in [7, 11) is 0. The van der Waals surface area contributed by atoms with E-state index in [1.54, 1.807) is 0 Å². The molecule has 1 unspecified atom stereocenters. The van der Waals surface area contributed by atoms with Crippen molar-refractivity contribution in [3.05, 3.63) is 30.3 Å². The molecule has 1 heteroatoms. The van der Waals surface area contributed by atoms with Crippen LogP contribution in [0.2, 0.25) is 0 Å². The molecule has 0 aromatic heterocycles. The van der Waals surface area contributed by atoms with Gasteiger partial charge in [0.1, 0.15) is 5.75 Å². The van der Waals surface area contributed by atoms with Crippen molar-refractivity contribution in [3.8, 4) is 5.75 Å². The minimum atomic E-state index is 0.523. The maximum atomic E-state index is 5.67. The van der Waals surface area contributed by atoms with Crippen LogP contribution in [0.1, 0.15) is 20.3 Å². The minimum Gasteiger partial charge on any atom is -0.493 e. The van der Waals surface area contributed by atoms with Crippen molar-refractivity contribution in [2.45, 2.75) is 20.3 Å². The molecular formula is C12H16O. The van der Waals surface area contributed by atoms with E-state index in [1.807, 2.05) is 30.3 Å². The molecule has 2 rings (SSSR count). The van der Waals surface area contributed by atoms with E-state index in [9.17, 15) is 0 Å². The fraction of sp³-hybridized carbons (Fsp3) is 0.500. The summed E-state index contributed by atoms with van der Waals surface area (Å²) in [5, 5.41) is 0. The first-order valence-electron chi connectivity index (χ1n) is 4.86. The van der Waals surface area contributed by atoms with Crippen molar-refractivity contribution < 1.29 is 4.74 Å². The van der Waals surface area contributed by atoms with E-state index in [0.29, 0.717) is 5.41 Å². The van der Waals surface area contributed by atoms with Gasteiger partial charge in [-0.1, -0.05) is 32.0 Å². The Morgan fingerprint density at radius 1 is 1.31 bits per heavy atom. The average molecular weight is 176 g/mol. The van der Waals surface area contributed by atoms with Gasteiger partial charge in [0.05, 0.1) is 6.61 Å². The molecule has 0 heterocycles. The monoisotopic (exact) mass is 176 g/mol. The highest BCUT2D eigenvalue weighted by Gasteiger charge is 2.45. The lowest BCUT2D eigenvalue weighted by Crippen LogP contribution is -2.03. The summed E-state index contributed by atoms with van der Waals surface area (Å²) in [5.74, 6) is 1.75. The van der Waals surface area contributed by atoms with Gasteiger partial charge in [-0.05, 0) is 29.9 Å². The van der Waals surface area contributed by atoms with E-state index in [1.165, 1.54) is 6.42 Å². The van der Waals surface area contributed by atoms with Gasteiger partial charge in [0.25, 0.3) is 0 Å². The van der Waals surface area contributed by atoms with Crippen LogP contribution in [0.3, 0.4) is 0 Å². The van der Waals surface area contributed by atoms with Crippen LogP contribution in [-0.4, -0.2) is 6.61 Å². The third-order valence-electron chi connectivity index (χ3n) is 2.91. The molecule has 1 aliphatic carbocycles. The third-order valence-corrected chi connectivity index (χ3v) is 2.91. The first-order chi connectivity index (χ1) is 6.18. The maximum Gasteiger partial charge on any atom is 0.119 e. The van der Waals surface area contributed by atoms with Crippen LogP contribution < -0.4 is 4.74 Å². The number of rotatable bonds is 3. The normalized spacial score (nSPS) is 24.0. The van der Waals surface area contributed by atoms with Crippen molar-refractivity contribution in [1.82, 2.24) is 0 Å². The summed E-state index contributed by atoms with van der Waals surface area (Å²) in [5.41, 5.74) is 0.523. The Morgan fingerprint density at radius 2 is 1.92 bits per heavy atom. The molecule has 70 valence electrons. The van der Waals surface area contributed by atoms with Crippen LogP contribution in [0.25, 0.3) is 0 Å². The first-order valence-corrected chi connectivity index (χ1v) is 4.86. The Kier molecular flexibility index (Phi) is 2.03. The zero-order chi connectivity index (χ0) is 9.31. The lowest BCUT2D eigenvalue weighted by atomic mass is 10.1. The Morgan fingerprint density at radius 3 is 2.46 bits per heavy atom. The van der Waals surface area contributed by atoms with Gasteiger partial charge >= 0.3 is 0 Å². The van der Waals surface area contributed by atoms with E-state index < -0.39 is 0 Å². The van der Waals surface area contributed by atoms with Crippen LogP contribution in [0.15, 0.2) is 30.3 Å². The molecule has 1 atom stereocenters. The van der Waals surface area contributed by atoms with Gasteiger partial charge in [-0.15, -0.1) is 0 Å². The van der Waals surface area contributed by atoms with E-state index in [2.05, 4.69) is 13.8 Å². The zero-order valence-electron chi connectivity index (χ0n) is 8.29. The molecule has 1 saturated carbocycles. The standard InChI is InChI=1S/C12H16O/c1-12(2)8-10(12)9-13-11-6-4-3-5-7-11/h3-7,10H,8-9H2,1-2H3. The van der Waals surface area contributed by atoms with Crippen LogP contribution >= 0.6 is 0 Å².